The second-order valence-corrected chi connectivity index (χ2v) is 7.85. The zero-order valence-corrected chi connectivity index (χ0v) is 14.0. The molecule has 0 amide bonds. The summed E-state index contributed by atoms with van der Waals surface area (Å²) >= 11 is 0. The van der Waals surface area contributed by atoms with Gasteiger partial charge < -0.3 is 14.0 Å². The molecule has 0 radical (unpaired) electrons. The Morgan fingerprint density at radius 1 is 1.21 bits per heavy atom. The summed E-state index contributed by atoms with van der Waals surface area (Å²) in [5.41, 5.74) is 1.49. The maximum atomic E-state index is 11.8. The lowest BCUT2D eigenvalue weighted by atomic mass is 10.1. The van der Waals surface area contributed by atoms with Crippen LogP contribution in [-0.2, 0) is 21.3 Å². The van der Waals surface area contributed by atoms with Crippen molar-refractivity contribution in [3.8, 4) is 17.0 Å². The quantitative estimate of drug-likeness (QED) is 0.915. The minimum Gasteiger partial charge on any atom is -0.490 e. The zero-order chi connectivity index (χ0) is 16.6. The lowest BCUT2D eigenvalue weighted by Crippen LogP contribution is -2.27. The average molecular weight is 349 g/mol. The molecule has 0 spiro atoms. The van der Waals surface area contributed by atoms with Crippen molar-refractivity contribution in [2.24, 2.45) is 0 Å². The van der Waals surface area contributed by atoms with Crippen LogP contribution >= 0.6 is 0 Å². The van der Waals surface area contributed by atoms with E-state index in [1.165, 1.54) is 0 Å². The van der Waals surface area contributed by atoms with Crippen molar-refractivity contribution in [3.05, 3.63) is 30.6 Å². The molecule has 24 heavy (non-hydrogen) atoms. The topological polar surface area (TPSA) is 82.5 Å². The number of aromatic nitrogens is 2. The van der Waals surface area contributed by atoms with E-state index in [0.29, 0.717) is 18.1 Å². The summed E-state index contributed by atoms with van der Waals surface area (Å²) in [6, 6.07) is 7.60. The fourth-order valence-electron chi connectivity index (χ4n) is 2.96. The highest BCUT2D eigenvalue weighted by atomic mass is 32.2. The van der Waals surface area contributed by atoms with Crippen LogP contribution in [0, 0.1) is 0 Å². The fraction of sp³-hybridized carbons (Fsp3) is 0.438. The van der Waals surface area contributed by atoms with Gasteiger partial charge in [-0.25, -0.2) is 13.4 Å². The number of hydrogen-bond acceptors (Lipinski definition) is 5. The first kappa shape index (κ1) is 15.5. The normalized spacial score (nSPS) is 20.2. The smallest absolute Gasteiger partial charge is 0.235 e. The van der Waals surface area contributed by atoms with E-state index in [1.807, 2.05) is 28.8 Å². The van der Waals surface area contributed by atoms with Gasteiger partial charge in [0.2, 0.25) is 10.0 Å². The highest BCUT2D eigenvalue weighted by Crippen LogP contribution is 2.31. The van der Waals surface area contributed by atoms with E-state index in [1.54, 1.807) is 6.33 Å². The van der Waals surface area contributed by atoms with E-state index < -0.39 is 10.0 Å². The zero-order valence-electron chi connectivity index (χ0n) is 13.1. The van der Waals surface area contributed by atoms with Crippen LogP contribution in [0.1, 0.15) is 12.8 Å². The summed E-state index contributed by atoms with van der Waals surface area (Å²) in [6.07, 6.45) is 3.66. The average Bonchev–Trinajstić information content (AvgIpc) is 2.98. The van der Waals surface area contributed by atoms with Crippen LogP contribution in [0.3, 0.4) is 0 Å². The van der Waals surface area contributed by atoms with Crippen molar-refractivity contribution in [2.75, 3.05) is 23.7 Å². The molecule has 1 N–H and O–H groups in total. The number of ether oxygens (including phenoxy) is 2. The first-order chi connectivity index (χ1) is 11.6. The Bertz CT molecular complexity index is 824. The Kier molecular flexibility index (Phi) is 3.93. The first-order valence-corrected chi connectivity index (χ1v) is 9.66. The standard InChI is InChI=1S/C16H19N3O4S/c20-24(21)10-7-19-11-17-15(16(19)18-24)12-1-3-13(4-2-12)23-14-5-8-22-9-6-14/h1-4,11,14,18H,5-10H2. The van der Waals surface area contributed by atoms with E-state index in [0.717, 1.165) is 37.4 Å². The summed E-state index contributed by atoms with van der Waals surface area (Å²) in [7, 11) is -3.27. The van der Waals surface area contributed by atoms with Gasteiger partial charge in [-0.05, 0) is 24.3 Å². The lowest BCUT2D eigenvalue weighted by Gasteiger charge is -2.23. The maximum absolute atomic E-state index is 11.8. The van der Waals surface area contributed by atoms with Gasteiger partial charge in [0.1, 0.15) is 23.4 Å². The van der Waals surface area contributed by atoms with Crippen molar-refractivity contribution in [3.63, 3.8) is 0 Å². The molecule has 2 aliphatic rings. The van der Waals surface area contributed by atoms with Crippen LogP contribution < -0.4 is 9.46 Å². The van der Waals surface area contributed by atoms with Crippen LogP contribution in [0.4, 0.5) is 5.82 Å². The third kappa shape index (κ3) is 3.11. The van der Waals surface area contributed by atoms with E-state index in [4.69, 9.17) is 9.47 Å². The first-order valence-electron chi connectivity index (χ1n) is 8.01. The highest BCUT2D eigenvalue weighted by Gasteiger charge is 2.24. The Morgan fingerprint density at radius 3 is 2.71 bits per heavy atom. The number of benzene rings is 1. The summed E-state index contributed by atoms with van der Waals surface area (Å²) < 4.78 is 39.3. The largest absolute Gasteiger partial charge is 0.490 e. The van der Waals surface area contributed by atoms with Gasteiger partial charge in [-0.1, -0.05) is 0 Å². The Hall–Kier alpha value is -2.06. The summed E-state index contributed by atoms with van der Waals surface area (Å²) in [5.74, 6) is 1.41. The van der Waals surface area contributed by atoms with Gasteiger partial charge in [0.15, 0.2) is 0 Å². The number of rotatable bonds is 3. The van der Waals surface area contributed by atoms with Crippen LogP contribution in [0.2, 0.25) is 0 Å². The minimum atomic E-state index is -3.27. The number of nitrogens with one attached hydrogen (secondary N) is 1. The summed E-state index contributed by atoms with van der Waals surface area (Å²) in [4.78, 5) is 4.36. The Labute approximate surface area is 140 Å². The molecule has 0 aliphatic carbocycles. The number of sulfonamides is 1. The van der Waals surface area contributed by atoms with Crippen molar-refractivity contribution in [1.82, 2.24) is 9.55 Å². The van der Waals surface area contributed by atoms with Crippen LogP contribution in [0.5, 0.6) is 5.75 Å². The fourth-order valence-corrected chi connectivity index (χ4v) is 4.01. The second-order valence-electron chi connectivity index (χ2n) is 6.01. The number of anilines is 1. The molecular formula is C16H19N3O4S. The van der Waals surface area contributed by atoms with Crippen molar-refractivity contribution in [1.29, 1.82) is 0 Å². The third-order valence-corrected chi connectivity index (χ3v) is 5.51. The molecule has 0 bridgehead atoms. The Balaban J connectivity index is 1.54. The predicted molar refractivity (Wildman–Crippen MR) is 89.5 cm³/mol. The van der Waals surface area contributed by atoms with Crippen LogP contribution in [-0.4, -0.2) is 43.0 Å². The van der Waals surface area contributed by atoms with E-state index >= 15 is 0 Å². The monoisotopic (exact) mass is 349 g/mol. The van der Waals surface area contributed by atoms with Gasteiger partial charge in [0.05, 0.1) is 25.3 Å². The van der Waals surface area contributed by atoms with Gasteiger partial charge >= 0.3 is 0 Å². The van der Waals surface area contributed by atoms with E-state index in [2.05, 4.69) is 9.71 Å². The van der Waals surface area contributed by atoms with Gasteiger partial charge in [-0.15, -0.1) is 0 Å². The molecule has 7 nitrogen and oxygen atoms in total. The van der Waals surface area contributed by atoms with Gasteiger partial charge in [0, 0.05) is 24.9 Å². The molecule has 1 aromatic heterocycles. The molecule has 1 fully saturated rings. The molecule has 128 valence electrons. The third-order valence-electron chi connectivity index (χ3n) is 4.29. The number of fused-ring (bicyclic) bond motifs is 1. The SMILES string of the molecule is O=S1(=O)CCn2cnc(-c3ccc(OC4CCOCC4)cc3)c2N1. The number of nitrogens with zero attached hydrogens (tertiary/aromatic N) is 2. The molecular weight excluding hydrogens is 330 g/mol. The summed E-state index contributed by atoms with van der Waals surface area (Å²) in [6.45, 7) is 1.90. The molecule has 0 saturated carbocycles. The predicted octanol–water partition coefficient (Wildman–Crippen LogP) is 1.86. The summed E-state index contributed by atoms with van der Waals surface area (Å²) in [5, 5.41) is 0. The van der Waals surface area contributed by atoms with Gasteiger partial charge in [0.25, 0.3) is 0 Å². The Morgan fingerprint density at radius 2 is 1.96 bits per heavy atom. The molecule has 0 unspecified atom stereocenters. The number of imidazole rings is 1. The van der Waals surface area contributed by atoms with Crippen LogP contribution in [0.15, 0.2) is 30.6 Å². The minimum absolute atomic E-state index is 0.0771. The molecule has 2 aromatic rings. The lowest BCUT2D eigenvalue weighted by molar-refractivity contribution is 0.0256. The van der Waals surface area contributed by atoms with E-state index in [9.17, 15) is 8.42 Å². The van der Waals surface area contributed by atoms with Crippen molar-refractivity contribution in [2.45, 2.75) is 25.5 Å². The maximum Gasteiger partial charge on any atom is 0.235 e. The molecule has 4 rings (SSSR count). The number of aryl methyl sites for hydroxylation is 1. The molecule has 1 aromatic carbocycles. The molecule has 1 saturated heterocycles. The van der Waals surface area contributed by atoms with E-state index in [-0.39, 0.29) is 11.9 Å². The molecule has 8 heteroatoms. The molecule has 0 atom stereocenters. The van der Waals surface area contributed by atoms with Crippen molar-refractivity contribution < 1.29 is 17.9 Å². The second kappa shape index (κ2) is 6.10. The highest BCUT2D eigenvalue weighted by molar-refractivity contribution is 7.92. The van der Waals surface area contributed by atoms with Crippen molar-refractivity contribution >= 4 is 15.8 Å². The van der Waals surface area contributed by atoms with Gasteiger partial charge in [-0.3, -0.25) is 4.72 Å². The number of hydrogen-bond donors (Lipinski definition) is 1. The molecule has 3 heterocycles. The van der Waals surface area contributed by atoms with Crippen LogP contribution in [0.25, 0.3) is 11.3 Å². The van der Waals surface area contributed by atoms with Gasteiger partial charge in [-0.2, -0.15) is 0 Å². The molecule has 2 aliphatic heterocycles.